The zero-order chi connectivity index (χ0) is 25.9. The predicted octanol–water partition coefficient (Wildman–Crippen LogP) is 5.43. The average molecular weight is 497 g/mol. The quantitative estimate of drug-likeness (QED) is 0.360. The van der Waals surface area contributed by atoms with Crippen LogP contribution in [0.2, 0.25) is 0 Å². The van der Waals surface area contributed by atoms with Crippen molar-refractivity contribution >= 4 is 17.3 Å². The van der Waals surface area contributed by atoms with E-state index in [-0.39, 0.29) is 5.82 Å². The number of nitrogens with zero attached hydrogens (tertiary/aromatic N) is 5. The summed E-state index contributed by atoms with van der Waals surface area (Å²) in [6.45, 7) is 9.83. The van der Waals surface area contributed by atoms with Crippen molar-refractivity contribution in [2.24, 2.45) is 4.99 Å². The van der Waals surface area contributed by atoms with Crippen molar-refractivity contribution in [1.82, 2.24) is 19.3 Å². The van der Waals surface area contributed by atoms with Crippen molar-refractivity contribution in [2.75, 3.05) is 18.9 Å². The third kappa shape index (κ3) is 5.23. The van der Waals surface area contributed by atoms with E-state index in [0.717, 1.165) is 51.5 Å². The first kappa shape index (κ1) is 24.2. The number of nitrogen functional groups attached to an aromatic ring is 1. The molecule has 5 rings (SSSR count). The highest BCUT2D eigenvalue weighted by Crippen LogP contribution is 2.31. The minimum atomic E-state index is -0.245. The van der Waals surface area contributed by atoms with Crippen LogP contribution in [-0.4, -0.2) is 38.1 Å². The lowest BCUT2D eigenvalue weighted by Gasteiger charge is -2.26. The molecule has 0 amide bonds. The van der Waals surface area contributed by atoms with E-state index in [1.807, 2.05) is 41.8 Å². The summed E-state index contributed by atoms with van der Waals surface area (Å²) in [5.41, 5.74) is 13.0. The van der Waals surface area contributed by atoms with E-state index in [2.05, 4.69) is 39.4 Å². The van der Waals surface area contributed by atoms with Crippen molar-refractivity contribution in [3.63, 3.8) is 0 Å². The van der Waals surface area contributed by atoms with Gasteiger partial charge >= 0.3 is 0 Å². The number of hydrogen-bond donors (Lipinski definition) is 1. The zero-order valence-electron chi connectivity index (χ0n) is 21.0. The lowest BCUT2D eigenvalue weighted by atomic mass is 9.98. The van der Waals surface area contributed by atoms with Gasteiger partial charge in [0.15, 0.2) is 0 Å². The Morgan fingerprint density at radius 1 is 1.16 bits per heavy atom. The highest BCUT2D eigenvalue weighted by atomic mass is 19.1. The van der Waals surface area contributed by atoms with Gasteiger partial charge in [0.05, 0.1) is 12.7 Å². The van der Waals surface area contributed by atoms with Gasteiger partial charge in [0, 0.05) is 54.1 Å². The summed E-state index contributed by atoms with van der Waals surface area (Å²) in [5, 5.41) is 0. The van der Waals surface area contributed by atoms with Crippen LogP contribution >= 0.6 is 0 Å². The van der Waals surface area contributed by atoms with Gasteiger partial charge in [-0.25, -0.2) is 9.37 Å². The minimum absolute atomic E-state index is 0.245. The number of imidazole rings is 1. The maximum atomic E-state index is 13.5. The molecule has 0 fully saturated rings. The standard InChI is InChI=1S/C29H29FN6O/c1-4-32-19(2)26(13-21-5-8-25(30)9-6-21)20(3)35-11-12-37-27-10-7-22(14-23(27)16-35)24-15-33-29-34-28(31)18-36(29)17-24/h4-10,14-15,17-18H,1,11-13,16,31H2,2-3H3/b26-20+,32-19?. The number of fused-ring (bicyclic) bond motifs is 2. The molecule has 37 heavy (non-hydrogen) atoms. The molecule has 188 valence electrons. The van der Waals surface area contributed by atoms with Crippen LogP contribution in [0.5, 0.6) is 5.75 Å². The van der Waals surface area contributed by atoms with E-state index in [1.54, 1.807) is 18.6 Å². The average Bonchev–Trinajstić information content (AvgIpc) is 3.13. The van der Waals surface area contributed by atoms with Crippen LogP contribution in [0.25, 0.3) is 16.9 Å². The molecular formula is C29H29FN6O. The summed E-state index contributed by atoms with van der Waals surface area (Å²) in [6, 6.07) is 12.8. The lowest BCUT2D eigenvalue weighted by Crippen LogP contribution is -2.26. The van der Waals surface area contributed by atoms with Crippen molar-refractivity contribution < 1.29 is 9.13 Å². The van der Waals surface area contributed by atoms with Gasteiger partial charge in [-0.15, -0.1) is 0 Å². The van der Waals surface area contributed by atoms with Crippen LogP contribution in [0.15, 0.2) is 90.1 Å². The molecule has 0 atom stereocenters. The Bertz CT molecular complexity index is 1520. The van der Waals surface area contributed by atoms with Crippen molar-refractivity contribution in [2.45, 2.75) is 26.8 Å². The molecule has 0 unspecified atom stereocenters. The summed E-state index contributed by atoms with van der Waals surface area (Å²) in [4.78, 5) is 15.4. The molecule has 2 aromatic carbocycles. The third-order valence-electron chi connectivity index (χ3n) is 6.63. The highest BCUT2D eigenvalue weighted by molar-refractivity contribution is 5.99. The smallest absolute Gasteiger partial charge is 0.235 e. The molecule has 0 aliphatic carbocycles. The van der Waals surface area contributed by atoms with Crippen LogP contribution in [0.4, 0.5) is 10.2 Å². The number of nitrogens with two attached hydrogens (primary N) is 1. The highest BCUT2D eigenvalue weighted by Gasteiger charge is 2.20. The summed E-state index contributed by atoms with van der Waals surface area (Å²) < 4.78 is 21.4. The van der Waals surface area contributed by atoms with Gasteiger partial charge < -0.3 is 15.4 Å². The third-order valence-corrected chi connectivity index (χ3v) is 6.63. The number of allylic oxidation sites excluding steroid dienone is 2. The van der Waals surface area contributed by atoms with Crippen LogP contribution in [-0.2, 0) is 13.0 Å². The molecule has 1 aliphatic rings. The van der Waals surface area contributed by atoms with Crippen LogP contribution < -0.4 is 10.5 Å². The number of hydrogen-bond acceptors (Lipinski definition) is 6. The number of aliphatic imine (C=N–C) groups is 1. The molecule has 0 saturated carbocycles. The molecule has 7 nitrogen and oxygen atoms in total. The number of ether oxygens (including phenoxy) is 1. The van der Waals surface area contributed by atoms with E-state index in [0.29, 0.717) is 31.2 Å². The van der Waals surface area contributed by atoms with Gasteiger partial charge in [-0.05, 0) is 54.8 Å². The molecule has 3 heterocycles. The largest absolute Gasteiger partial charge is 0.491 e. The van der Waals surface area contributed by atoms with Gasteiger partial charge in [0.25, 0.3) is 0 Å². The van der Waals surface area contributed by atoms with E-state index < -0.39 is 0 Å². The topological polar surface area (TPSA) is 81.0 Å². The van der Waals surface area contributed by atoms with E-state index in [1.165, 1.54) is 12.1 Å². The summed E-state index contributed by atoms with van der Waals surface area (Å²) >= 11 is 0. The second-order valence-electron chi connectivity index (χ2n) is 9.07. The SMILES string of the molecule is C=CN=C(C)/C(Cc1ccc(F)cc1)=C(\C)N1CCOc2ccc(-c3cnc4nc(N)cn4c3)cc2C1. The van der Waals surface area contributed by atoms with Crippen LogP contribution in [0, 0.1) is 5.82 Å². The van der Waals surface area contributed by atoms with Crippen molar-refractivity contribution in [3.05, 3.63) is 102 Å². The predicted molar refractivity (Wildman–Crippen MR) is 145 cm³/mol. The van der Waals surface area contributed by atoms with Crippen molar-refractivity contribution in [3.8, 4) is 16.9 Å². The second kappa shape index (κ2) is 10.3. The number of anilines is 1. The number of rotatable bonds is 6. The van der Waals surface area contributed by atoms with Gasteiger partial charge in [0.1, 0.15) is 24.0 Å². The van der Waals surface area contributed by atoms with Gasteiger partial charge in [-0.1, -0.05) is 24.8 Å². The Kier molecular flexibility index (Phi) is 6.72. The molecular weight excluding hydrogens is 467 g/mol. The summed E-state index contributed by atoms with van der Waals surface area (Å²) in [7, 11) is 0. The molecule has 0 radical (unpaired) electrons. The minimum Gasteiger partial charge on any atom is -0.491 e. The lowest BCUT2D eigenvalue weighted by molar-refractivity contribution is 0.263. The van der Waals surface area contributed by atoms with Gasteiger partial charge in [-0.2, -0.15) is 4.98 Å². The van der Waals surface area contributed by atoms with Crippen LogP contribution in [0.1, 0.15) is 25.0 Å². The molecule has 2 aromatic heterocycles. The van der Waals surface area contributed by atoms with Gasteiger partial charge in [-0.3, -0.25) is 9.39 Å². The normalized spacial score (nSPS) is 14.6. The molecule has 2 N–H and O–H groups in total. The number of aromatic nitrogens is 3. The zero-order valence-corrected chi connectivity index (χ0v) is 21.0. The Hall–Kier alpha value is -4.46. The van der Waals surface area contributed by atoms with E-state index in [4.69, 9.17) is 10.5 Å². The molecule has 0 saturated heterocycles. The fraction of sp³-hybridized carbons (Fsp3) is 0.207. The first-order valence-electron chi connectivity index (χ1n) is 12.1. The molecule has 1 aliphatic heterocycles. The molecule has 0 bridgehead atoms. The fourth-order valence-electron chi connectivity index (χ4n) is 4.64. The maximum absolute atomic E-state index is 13.5. The van der Waals surface area contributed by atoms with Crippen LogP contribution in [0.3, 0.4) is 0 Å². The second-order valence-corrected chi connectivity index (χ2v) is 9.07. The maximum Gasteiger partial charge on any atom is 0.235 e. The first-order valence-corrected chi connectivity index (χ1v) is 12.1. The van der Waals surface area contributed by atoms with E-state index in [9.17, 15) is 4.39 Å². The Morgan fingerprint density at radius 3 is 2.76 bits per heavy atom. The van der Waals surface area contributed by atoms with Crippen molar-refractivity contribution in [1.29, 1.82) is 0 Å². The number of benzene rings is 2. The summed E-state index contributed by atoms with van der Waals surface area (Å²) in [5.74, 6) is 1.63. The fourth-order valence-corrected chi connectivity index (χ4v) is 4.64. The van der Waals surface area contributed by atoms with E-state index >= 15 is 0 Å². The molecule has 8 heteroatoms. The molecule has 0 spiro atoms. The Morgan fingerprint density at radius 2 is 1.97 bits per heavy atom. The Labute approximate surface area is 215 Å². The first-order chi connectivity index (χ1) is 17.9. The van der Waals surface area contributed by atoms with Gasteiger partial charge in [0.2, 0.25) is 5.78 Å². The number of halogens is 1. The summed E-state index contributed by atoms with van der Waals surface area (Å²) in [6.07, 6.45) is 7.73. The molecule has 4 aromatic rings. The Balaban J connectivity index is 1.49. The monoisotopic (exact) mass is 496 g/mol.